The highest BCUT2D eigenvalue weighted by atomic mass is 32.2. The van der Waals surface area contributed by atoms with E-state index in [1.807, 2.05) is 0 Å². The molecule has 0 spiro atoms. The van der Waals surface area contributed by atoms with E-state index in [-0.39, 0.29) is 0 Å². The number of carbonyl (C=O) groups is 1. The zero-order chi connectivity index (χ0) is 11.1. The van der Waals surface area contributed by atoms with Crippen molar-refractivity contribution in [3.05, 3.63) is 22.1 Å². The van der Waals surface area contributed by atoms with Crippen molar-refractivity contribution in [2.24, 2.45) is 5.73 Å². The third-order valence-corrected chi connectivity index (χ3v) is 3.76. The van der Waals surface area contributed by atoms with Crippen LogP contribution in [0.1, 0.15) is 0 Å². The summed E-state index contributed by atoms with van der Waals surface area (Å²) in [5.74, 6) is 0. The largest absolute Gasteiger partial charge is 0.389 e. The van der Waals surface area contributed by atoms with Crippen LogP contribution in [0.25, 0.3) is 0 Å². The van der Waals surface area contributed by atoms with E-state index in [9.17, 15) is 21.6 Å². The van der Waals surface area contributed by atoms with Crippen molar-refractivity contribution in [2.45, 2.75) is 0 Å². The Kier molecular flexibility index (Phi) is 2.28. The zero-order valence-corrected chi connectivity index (χ0v) is 8.72. The van der Waals surface area contributed by atoms with Gasteiger partial charge in [0.05, 0.1) is 5.57 Å². The van der Waals surface area contributed by atoms with Crippen molar-refractivity contribution in [3.63, 3.8) is 0 Å². The summed E-state index contributed by atoms with van der Waals surface area (Å²) in [6.07, 6.45) is 1.57. The van der Waals surface area contributed by atoms with Crippen LogP contribution in [0.15, 0.2) is 22.1 Å². The van der Waals surface area contributed by atoms with Crippen molar-refractivity contribution < 1.29 is 21.6 Å². The molecule has 0 radical (unpaired) electrons. The molecule has 8 heteroatoms. The van der Waals surface area contributed by atoms with Crippen LogP contribution in [-0.4, -0.2) is 28.2 Å². The van der Waals surface area contributed by atoms with Crippen LogP contribution in [-0.2, 0) is 24.5 Å². The van der Waals surface area contributed by atoms with Crippen LogP contribution >= 0.6 is 0 Å². The molecule has 0 saturated heterocycles. The van der Waals surface area contributed by atoms with Gasteiger partial charge in [-0.1, -0.05) is 0 Å². The summed E-state index contributed by atoms with van der Waals surface area (Å²) in [6.45, 7) is 0. The molecule has 1 aliphatic rings. The monoisotopic (exact) mass is 237 g/mol. The SMILES string of the molecule is CS(=O)(=O)C(=O)C1=C(N)S(=O)(=O)C=C1. The fourth-order valence-corrected chi connectivity index (χ4v) is 2.41. The molecule has 1 heterocycles. The molecule has 14 heavy (non-hydrogen) atoms. The predicted octanol–water partition coefficient (Wildman–Crippen LogP) is -1.33. The normalized spacial score (nSPS) is 20.1. The van der Waals surface area contributed by atoms with Gasteiger partial charge in [-0.2, -0.15) is 0 Å². The average Bonchev–Trinajstić information content (AvgIpc) is 2.25. The summed E-state index contributed by atoms with van der Waals surface area (Å²) in [6, 6.07) is 0. The van der Waals surface area contributed by atoms with E-state index in [0.717, 1.165) is 6.08 Å². The van der Waals surface area contributed by atoms with Crippen LogP contribution in [0.2, 0.25) is 0 Å². The van der Waals surface area contributed by atoms with E-state index in [0.29, 0.717) is 11.7 Å². The molecule has 0 saturated carbocycles. The number of allylic oxidation sites excluding steroid dienone is 1. The minimum Gasteiger partial charge on any atom is -0.389 e. The van der Waals surface area contributed by atoms with Crippen molar-refractivity contribution >= 4 is 24.8 Å². The van der Waals surface area contributed by atoms with E-state index in [2.05, 4.69) is 0 Å². The molecule has 0 unspecified atom stereocenters. The maximum absolute atomic E-state index is 11.1. The molecule has 0 atom stereocenters. The van der Waals surface area contributed by atoms with E-state index < -0.39 is 35.4 Å². The second kappa shape index (κ2) is 2.92. The summed E-state index contributed by atoms with van der Waals surface area (Å²) in [5, 5.41) is -1.30. The predicted molar refractivity (Wildman–Crippen MR) is 49.1 cm³/mol. The van der Waals surface area contributed by atoms with Gasteiger partial charge in [0.2, 0.25) is 19.7 Å². The molecule has 0 amide bonds. The second-order valence-corrected chi connectivity index (χ2v) is 6.40. The lowest BCUT2D eigenvalue weighted by Gasteiger charge is -1.98. The molecular weight excluding hydrogens is 230 g/mol. The number of sulfone groups is 2. The average molecular weight is 237 g/mol. The van der Waals surface area contributed by atoms with Crippen molar-refractivity contribution in [1.82, 2.24) is 0 Å². The Labute approximate surface area is 80.9 Å². The Morgan fingerprint density at radius 3 is 2.21 bits per heavy atom. The number of hydrogen-bond acceptors (Lipinski definition) is 6. The van der Waals surface area contributed by atoms with E-state index >= 15 is 0 Å². The first kappa shape index (κ1) is 10.9. The Morgan fingerprint density at radius 1 is 1.43 bits per heavy atom. The highest BCUT2D eigenvalue weighted by Crippen LogP contribution is 2.20. The molecular formula is C6H7NO5S2. The first-order valence-electron chi connectivity index (χ1n) is 3.33. The molecule has 0 bridgehead atoms. The fraction of sp³-hybridized carbons (Fsp3) is 0.167. The van der Waals surface area contributed by atoms with Crippen molar-refractivity contribution in [2.75, 3.05) is 6.26 Å². The molecule has 0 fully saturated rings. The standard InChI is InChI=1S/C6H7NO5S2/c1-13(9,10)6(8)4-2-3-14(11,12)5(4)7/h2-3H,7H2,1H3. The third-order valence-electron chi connectivity index (χ3n) is 1.54. The van der Waals surface area contributed by atoms with Gasteiger partial charge >= 0.3 is 0 Å². The van der Waals surface area contributed by atoms with Crippen LogP contribution < -0.4 is 5.73 Å². The number of hydrogen-bond donors (Lipinski definition) is 1. The van der Waals surface area contributed by atoms with Gasteiger partial charge in [-0.3, -0.25) is 4.79 Å². The van der Waals surface area contributed by atoms with Crippen LogP contribution in [0.4, 0.5) is 0 Å². The summed E-state index contributed by atoms with van der Waals surface area (Å²) in [4.78, 5) is 11.1. The first-order chi connectivity index (χ1) is 6.16. The molecule has 1 aliphatic heterocycles. The maximum atomic E-state index is 11.1. The second-order valence-electron chi connectivity index (χ2n) is 2.69. The molecule has 2 N–H and O–H groups in total. The van der Waals surface area contributed by atoms with Crippen LogP contribution in [0.3, 0.4) is 0 Å². The van der Waals surface area contributed by atoms with E-state index in [1.54, 1.807) is 0 Å². The topological polar surface area (TPSA) is 111 Å². The van der Waals surface area contributed by atoms with Crippen LogP contribution in [0.5, 0.6) is 0 Å². The summed E-state index contributed by atoms with van der Waals surface area (Å²) < 4.78 is 43.6. The summed E-state index contributed by atoms with van der Waals surface area (Å²) in [7, 11) is -7.75. The van der Waals surface area contributed by atoms with E-state index in [1.165, 1.54) is 0 Å². The van der Waals surface area contributed by atoms with Gasteiger partial charge in [0, 0.05) is 11.7 Å². The van der Waals surface area contributed by atoms with Crippen LogP contribution in [0, 0.1) is 0 Å². The molecule has 0 aliphatic carbocycles. The smallest absolute Gasteiger partial charge is 0.279 e. The number of carbonyl (C=O) groups excluding carboxylic acids is 1. The summed E-state index contributed by atoms with van der Waals surface area (Å²) in [5.41, 5.74) is 4.61. The first-order valence-corrected chi connectivity index (χ1v) is 6.77. The minimum absolute atomic E-state index is 0.493. The van der Waals surface area contributed by atoms with E-state index in [4.69, 9.17) is 5.73 Å². The molecule has 0 aromatic carbocycles. The van der Waals surface area contributed by atoms with Gasteiger partial charge < -0.3 is 5.73 Å². The van der Waals surface area contributed by atoms with Gasteiger partial charge in [0.1, 0.15) is 5.03 Å². The lowest BCUT2D eigenvalue weighted by molar-refractivity contribution is -0.108. The quantitative estimate of drug-likeness (QED) is 0.604. The highest BCUT2D eigenvalue weighted by molar-refractivity contribution is 8.06. The molecule has 6 nitrogen and oxygen atoms in total. The number of nitrogens with two attached hydrogens (primary N) is 1. The highest BCUT2D eigenvalue weighted by Gasteiger charge is 2.30. The zero-order valence-electron chi connectivity index (χ0n) is 7.09. The molecule has 0 aromatic heterocycles. The van der Waals surface area contributed by atoms with Gasteiger partial charge in [-0.25, -0.2) is 16.8 Å². The lowest BCUT2D eigenvalue weighted by atomic mass is 10.3. The Hall–Kier alpha value is -1.15. The van der Waals surface area contributed by atoms with Gasteiger partial charge in [-0.05, 0) is 6.08 Å². The molecule has 0 aromatic rings. The Balaban J connectivity index is 3.37. The molecule has 1 rings (SSSR count). The maximum Gasteiger partial charge on any atom is 0.279 e. The van der Waals surface area contributed by atoms with Crippen molar-refractivity contribution in [1.29, 1.82) is 0 Å². The Bertz CT molecular complexity index is 549. The molecule has 78 valence electrons. The van der Waals surface area contributed by atoms with Gasteiger partial charge in [0.25, 0.3) is 5.12 Å². The third kappa shape index (κ3) is 1.70. The summed E-state index contributed by atoms with van der Waals surface area (Å²) >= 11 is 0. The Morgan fingerprint density at radius 2 is 1.93 bits per heavy atom. The number of rotatable bonds is 1. The lowest BCUT2D eigenvalue weighted by Crippen LogP contribution is -2.18. The van der Waals surface area contributed by atoms with Crippen molar-refractivity contribution in [3.8, 4) is 0 Å². The van der Waals surface area contributed by atoms with Gasteiger partial charge in [0.15, 0.2) is 0 Å². The van der Waals surface area contributed by atoms with Gasteiger partial charge in [-0.15, -0.1) is 0 Å². The fourth-order valence-electron chi connectivity index (χ4n) is 0.835. The minimum atomic E-state index is -3.96.